The van der Waals surface area contributed by atoms with Gasteiger partial charge in [-0.25, -0.2) is 5.10 Å². The standard InChI is InChI=1S/C18H24N4O.CH4O3S/c1-3-22(4-2)12-13-7-9-14(10-8-13)16-17-15(6-5-11-19-17)18(23)21-20-16;1-5(2,3)4/h7-10,19H,3-6,11-12H2,1-2H3,(H,21,23);1H3,(H,2,3,4). The van der Waals surface area contributed by atoms with Gasteiger partial charge < -0.3 is 5.32 Å². The molecule has 0 radical (unpaired) electrons. The molecule has 0 amide bonds. The lowest BCUT2D eigenvalue weighted by Gasteiger charge is -2.20. The summed E-state index contributed by atoms with van der Waals surface area (Å²) in [4.78, 5) is 14.3. The maximum atomic E-state index is 11.9. The van der Waals surface area contributed by atoms with Gasteiger partial charge in [0.2, 0.25) is 0 Å². The molecule has 3 N–H and O–H groups in total. The summed E-state index contributed by atoms with van der Waals surface area (Å²) in [6.45, 7) is 8.32. The average Bonchev–Trinajstić information content (AvgIpc) is 2.66. The van der Waals surface area contributed by atoms with Crippen LogP contribution in [0.4, 0.5) is 5.69 Å². The molecule has 2 aromatic rings. The largest absolute Gasteiger partial charge is 0.383 e. The summed E-state index contributed by atoms with van der Waals surface area (Å²) >= 11 is 0. The monoisotopic (exact) mass is 408 g/mol. The zero-order valence-electron chi connectivity index (χ0n) is 16.5. The minimum Gasteiger partial charge on any atom is -0.383 e. The van der Waals surface area contributed by atoms with Crippen molar-refractivity contribution in [2.24, 2.45) is 0 Å². The van der Waals surface area contributed by atoms with Gasteiger partial charge >= 0.3 is 0 Å². The molecule has 154 valence electrons. The molecule has 2 heterocycles. The van der Waals surface area contributed by atoms with Gasteiger partial charge in [0.25, 0.3) is 15.7 Å². The number of rotatable bonds is 5. The molecule has 0 saturated heterocycles. The van der Waals surface area contributed by atoms with E-state index in [1.54, 1.807) is 0 Å². The van der Waals surface area contributed by atoms with E-state index in [2.05, 4.69) is 58.5 Å². The van der Waals surface area contributed by atoms with Crippen LogP contribution in [0.2, 0.25) is 0 Å². The Morgan fingerprint density at radius 1 is 1.18 bits per heavy atom. The van der Waals surface area contributed by atoms with E-state index in [0.29, 0.717) is 6.26 Å². The van der Waals surface area contributed by atoms with Crippen molar-refractivity contribution in [1.82, 2.24) is 15.1 Å². The van der Waals surface area contributed by atoms with E-state index in [4.69, 9.17) is 4.55 Å². The molecule has 3 rings (SSSR count). The number of aromatic nitrogens is 2. The van der Waals surface area contributed by atoms with Crippen molar-refractivity contribution in [3.8, 4) is 11.3 Å². The molecule has 0 unspecified atom stereocenters. The number of aromatic amines is 1. The predicted octanol–water partition coefficient (Wildman–Crippen LogP) is 2.14. The van der Waals surface area contributed by atoms with Crippen molar-refractivity contribution in [2.75, 3.05) is 31.2 Å². The third-order valence-electron chi connectivity index (χ3n) is 4.52. The number of benzene rings is 1. The van der Waals surface area contributed by atoms with Crippen LogP contribution >= 0.6 is 0 Å². The Morgan fingerprint density at radius 2 is 1.79 bits per heavy atom. The maximum Gasteiger partial charge on any atom is 0.269 e. The van der Waals surface area contributed by atoms with Gasteiger partial charge in [0.1, 0.15) is 5.69 Å². The highest BCUT2D eigenvalue weighted by atomic mass is 32.2. The first-order valence-electron chi connectivity index (χ1n) is 9.32. The van der Waals surface area contributed by atoms with E-state index in [0.717, 1.165) is 61.5 Å². The third-order valence-corrected chi connectivity index (χ3v) is 4.52. The summed E-state index contributed by atoms with van der Waals surface area (Å²) in [5, 5.41) is 10.3. The molecule has 0 saturated carbocycles. The Morgan fingerprint density at radius 3 is 2.36 bits per heavy atom. The molecule has 0 bridgehead atoms. The SMILES string of the molecule is CCN(CC)Cc1ccc(-c2n[nH]c(=O)c3c2NCCC3)cc1.CS(=O)(=O)O. The average molecular weight is 409 g/mol. The van der Waals surface area contributed by atoms with Gasteiger partial charge in [-0.05, 0) is 31.5 Å². The third kappa shape index (κ3) is 6.43. The van der Waals surface area contributed by atoms with Gasteiger partial charge in [-0.1, -0.05) is 38.1 Å². The summed E-state index contributed by atoms with van der Waals surface area (Å²) < 4.78 is 25.9. The van der Waals surface area contributed by atoms with Crippen LogP contribution in [0.3, 0.4) is 0 Å². The Balaban J connectivity index is 0.000000500. The van der Waals surface area contributed by atoms with Crippen LogP contribution in [0.1, 0.15) is 31.4 Å². The first-order valence-corrected chi connectivity index (χ1v) is 11.2. The highest BCUT2D eigenvalue weighted by Crippen LogP contribution is 2.29. The quantitative estimate of drug-likeness (QED) is 0.649. The molecule has 28 heavy (non-hydrogen) atoms. The van der Waals surface area contributed by atoms with E-state index in [-0.39, 0.29) is 5.56 Å². The van der Waals surface area contributed by atoms with E-state index < -0.39 is 10.1 Å². The molecule has 0 aliphatic carbocycles. The molecule has 1 aliphatic rings. The number of fused-ring (bicyclic) bond motifs is 1. The fraction of sp³-hybridized carbons (Fsp3) is 0.474. The van der Waals surface area contributed by atoms with Crippen molar-refractivity contribution >= 4 is 15.8 Å². The Bertz CT molecular complexity index is 927. The highest BCUT2D eigenvalue weighted by Gasteiger charge is 2.18. The van der Waals surface area contributed by atoms with E-state index in [1.165, 1.54) is 5.56 Å². The topological polar surface area (TPSA) is 115 Å². The van der Waals surface area contributed by atoms with Gasteiger partial charge in [0.05, 0.1) is 11.9 Å². The van der Waals surface area contributed by atoms with Gasteiger partial charge in [0, 0.05) is 24.2 Å². The van der Waals surface area contributed by atoms with E-state index >= 15 is 0 Å². The zero-order chi connectivity index (χ0) is 20.7. The molecule has 1 aromatic heterocycles. The van der Waals surface area contributed by atoms with Crippen LogP contribution < -0.4 is 10.9 Å². The first kappa shape index (κ1) is 22.1. The number of hydrogen-bond donors (Lipinski definition) is 3. The lowest BCUT2D eigenvalue weighted by molar-refractivity contribution is 0.296. The molecule has 8 nitrogen and oxygen atoms in total. The Hall–Kier alpha value is -2.23. The first-order chi connectivity index (χ1) is 13.2. The number of hydrogen-bond acceptors (Lipinski definition) is 6. The molecule has 0 atom stereocenters. The Labute approximate surface area is 165 Å². The second-order valence-electron chi connectivity index (χ2n) is 6.68. The summed E-state index contributed by atoms with van der Waals surface area (Å²) in [7, 11) is -3.67. The van der Waals surface area contributed by atoms with Crippen molar-refractivity contribution in [3.05, 3.63) is 45.7 Å². The molecule has 0 fully saturated rings. The zero-order valence-corrected chi connectivity index (χ0v) is 17.3. The van der Waals surface area contributed by atoms with Crippen LogP contribution in [0.25, 0.3) is 11.3 Å². The summed E-state index contributed by atoms with van der Waals surface area (Å²) in [5.74, 6) is 0. The molecule has 1 aromatic carbocycles. The van der Waals surface area contributed by atoms with Crippen molar-refractivity contribution in [3.63, 3.8) is 0 Å². The van der Waals surface area contributed by atoms with Crippen molar-refractivity contribution in [1.29, 1.82) is 0 Å². The van der Waals surface area contributed by atoms with Gasteiger partial charge in [-0.3, -0.25) is 14.2 Å². The molecule has 0 spiro atoms. The second kappa shape index (κ2) is 9.81. The number of H-pyrrole nitrogens is 1. The molecule has 9 heteroatoms. The summed E-state index contributed by atoms with van der Waals surface area (Å²) in [5.41, 5.74) is 4.83. The van der Waals surface area contributed by atoms with Crippen LogP contribution in [-0.2, 0) is 23.1 Å². The smallest absolute Gasteiger partial charge is 0.269 e. The van der Waals surface area contributed by atoms with E-state index in [1.807, 2.05) is 0 Å². The fourth-order valence-electron chi connectivity index (χ4n) is 3.08. The maximum absolute atomic E-state index is 11.9. The highest BCUT2D eigenvalue weighted by molar-refractivity contribution is 7.85. The molecular formula is C19H28N4O4S. The second-order valence-corrected chi connectivity index (χ2v) is 8.14. The van der Waals surface area contributed by atoms with Gasteiger partial charge in [-0.2, -0.15) is 13.5 Å². The van der Waals surface area contributed by atoms with Crippen LogP contribution in [0.15, 0.2) is 29.1 Å². The van der Waals surface area contributed by atoms with E-state index in [9.17, 15) is 13.2 Å². The van der Waals surface area contributed by atoms with Crippen LogP contribution in [0, 0.1) is 0 Å². The summed E-state index contributed by atoms with van der Waals surface area (Å²) in [6, 6.07) is 8.48. The minimum atomic E-state index is -3.67. The van der Waals surface area contributed by atoms with Crippen molar-refractivity contribution in [2.45, 2.75) is 33.2 Å². The number of nitrogens with one attached hydrogen (secondary N) is 2. The lowest BCUT2D eigenvalue weighted by Crippen LogP contribution is -2.24. The van der Waals surface area contributed by atoms with Crippen molar-refractivity contribution < 1.29 is 13.0 Å². The molecular weight excluding hydrogens is 380 g/mol. The fourth-order valence-corrected chi connectivity index (χ4v) is 3.08. The minimum absolute atomic E-state index is 0.0749. The normalized spacial score (nSPS) is 13.3. The summed E-state index contributed by atoms with van der Waals surface area (Å²) in [6.07, 6.45) is 2.52. The lowest BCUT2D eigenvalue weighted by atomic mass is 10.0. The van der Waals surface area contributed by atoms with Gasteiger partial charge in [0.15, 0.2) is 0 Å². The van der Waals surface area contributed by atoms with Crippen LogP contribution in [0.5, 0.6) is 0 Å². The molecule has 1 aliphatic heterocycles. The predicted molar refractivity (Wildman–Crippen MR) is 111 cm³/mol. The number of nitrogens with zero attached hydrogens (tertiary/aromatic N) is 2. The number of anilines is 1. The Kier molecular flexibility index (Phi) is 7.73. The van der Waals surface area contributed by atoms with Gasteiger partial charge in [-0.15, -0.1) is 0 Å². The van der Waals surface area contributed by atoms with Crippen LogP contribution in [-0.4, -0.2) is 54.0 Å².